The topological polar surface area (TPSA) is 38.3 Å². The van der Waals surface area contributed by atoms with Gasteiger partial charge < -0.3 is 14.2 Å². The number of furan rings is 2. The molecule has 0 bridgehead atoms. The van der Waals surface area contributed by atoms with Gasteiger partial charge in [-0.05, 0) is 47.5 Å². The van der Waals surface area contributed by atoms with E-state index in [9.17, 15) is 0 Å². The Labute approximate surface area is 224 Å². The van der Waals surface area contributed by atoms with E-state index in [1.807, 2.05) is 24.3 Å². The van der Waals surface area contributed by atoms with Crippen molar-refractivity contribution < 1.29 is 8.83 Å². The van der Waals surface area contributed by atoms with Crippen molar-refractivity contribution in [2.75, 3.05) is 5.32 Å². The molecule has 0 saturated carbocycles. The van der Waals surface area contributed by atoms with E-state index in [-0.39, 0.29) is 0 Å². The maximum Gasteiger partial charge on any atom is 0.143 e. The quantitative estimate of drug-likeness (QED) is 0.261. The molecule has 0 unspecified atom stereocenters. The summed E-state index contributed by atoms with van der Waals surface area (Å²) in [6.07, 6.45) is 0. The smallest absolute Gasteiger partial charge is 0.143 e. The first kappa shape index (κ1) is 21.8. The van der Waals surface area contributed by atoms with Crippen LogP contribution in [0.3, 0.4) is 0 Å². The summed E-state index contributed by atoms with van der Waals surface area (Å²) >= 11 is 0. The van der Waals surface area contributed by atoms with Crippen molar-refractivity contribution in [3.8, 4) is 22.3 Å². The molecule has 6 aromatic carbocycles. The van der Waals surface area contributed by atoms with Gasteiger partial charge in [0.15, 0.2) is 0 Å². The molecule has 0 saturated heterocycles. The largest absolute Gasteiger partial charge is 0.455 e. The van der Waals surface area contributed by atoms with Crippen LogP contribution in [0.15, 0.2) is 142 Å². The highest BCUT2D eigenvalue weighted by Crippen LogP contribution is 2.38. The summed E-state index contributed by atoms with van der Waals surface area (Å²) in [6.45, 7) is 0. The number of nitrogens with one attached hydrogen (secondary N) is 1. The maximum atomic E-state index is 6.27. The van der Waals surface area contributed by atoms with Crippen LogP contribution in [0.25, 0.3) is 66.1 Å². The van der Waals surface area contributed by atoms with Crippen molar-refractivity contribution in [3.05, 3.63) is 133 Å². The third-order valence-corrected chi connectivity index (χ3v) is 7.47. The summed E-state index contributed by atoms with van der Waals surface area (Å²) in [6, 6.07) is 46.1. The zero-order valence-electron chi connectivity index (χ0n) is 21.0. The molecule has 0 aliphatic rings. The van der Waals surface area contributed by atoms with Crippen molar-refractivity contribution in [1.82, 2.24) is 0 Å². The fourth-order valence-electron chi connectivity index (χ4n) is 5.61. The first-order chi connectivity index (χ1) is 19.3. The highest BCUT2D eigenvalue weighted by atomic mass is 16.3. The molecule has 0 amide bonds. The Morgan fingerprint density at radius 3 is 1.56 bits per heavy atom. The van der Waals surface area contributed by atoms with Gasteiger partial charge in [0.25, 0.3) is 0 Å². The zero-order chi connectivity index (χ0) is 25.8. The fourth-order valence-corrected chi connectivity index (χ4v) is 5.61. The first-order valence-corrected chi connectivity index (χ1v) is 13.1. The predicted molar refractivity (Wildman–Crippen MR) is 162 cm³/mol. The van der Waals surface area contributed by atoms with Gasteiger partial charge in [-0.15, -0.1) is 0 Å². The SMILES string of the molecule is c1cc(Nc2ccc(-c3cccc4c3oc3ccccc34)cc2)cc(-c2cccc3c2oc2ccccc23)c1. The number of para-hydroxylation sites is 4. The van der Waals surface area contributed by atoms with Gasteiger partial charge in [-0.25, -0.2) is 0 Å². The summed E-state index contributed by atoms with van der Waals surface area (Å²) in [4.78, 5) is 0. The highest BCUT2D eigenvalue weighted by Gasteiger charge is 2.13. The number of rotatable bonds is 4. The Morgan fingerprint density at radius 1 is 0.385 bits per heavy atom. The first-order valence-electron chi connectivity index (χ1n) is 13.1. The molecule has 0 aliphatic heterocycles. The molecule has 2 heterocycles. The van der Waals surface area contributed by atoms with Crippen molar-refractivity contribution in [2.24, 2.45) is 0 Å². The van der Waals surface area contributed by atoms with Gasteiger partial charge in [0, 0.05) is 44.0 Å². The van der Waals surface area contributed by atoms with E-state index in [2.05, 4.69) is 115 Å². The summed E-state index contributed by atoms with van der Waals surface area (Å²) in [7, 11) is 0. The number of anilines is 2. The Balaban J connectivity index is 1.12. The van der Waals surface area contributed by atoms with Gasteiger partial charge >= 0.3 is 0 Å². The van der Waals surface area contributed by atoms with Crippen LogP contribution in [0.4, 0.5) is 11.4 Å². The number of fused-ring (bicyclic) bond motifs is 6. The Kier molecular flexibility index (Phi) is 4.82. The minimum atomic E-state index is 0.910. The van der Waals surface area contributed by atoms with Crippen LogP contribution in [-0.2, 0) is 0 Å². The molecule has 0 atom stereocenters. The summed E-state index contributed by atoms with van der Waals surface area (Å²) in [5, 5.41) is 8.13. The molecule has 0 aliphatic carbocycles. The van der Waals surface area contributed by atoms with E-state index in [0.29, 0.717) is 0 Å². The molecule has 8 aromatic rings. The number of benzene rings is 6. The van der Waals surface area contributed by atoms with Crippen molar-refractivity contribution >= 4 is 55.3 Å². The van der Waals surface area contributed by atoms with Crippen LogP contribution in [-0.4, -0.2) is 0 Å². The second-order valence-electron chi connectivity index (χ2n) is 9.84. The van der Waals surface area contributed by atoms with E-state index in [1.165, 1.54) is 0 Å². The molecule has 2 aromatic heterocycles. The minimum Gasteiger partial charge on any atom is -0.455 e. The van der Waals surface area contributed by atoms with Gasteiger partial charge in [-0.2, -0.15) is 0 Å². The second-order valence-corrected chi connectivity index (χ2v) is 9.84. The maximum absolute atomic E-state index is 6.27. The van der Waals surface area contributed by atoms with Crippen LogP contribution in [0.1, 0.15) is 0 Å². The van der Waals surface area contributed by atoms with Crippen LogP contribution >= 0.6 is 0 Å². The molecule has 8 rings (SSSR count). The normalized spacial score (nSPS) is 11.6. The van der Waals surface area contributed by atoms with Crippen molar-refractivity contribution in [3.63, 3.8) is 0 Å². The van der Waals surface area contributed by atoms with Crippen LogP contribution in [0.2, 0.25) is 0 Å². The highest BCUT2D eigenvalue weighted by molar-refractivity contribution is 6.10. The Hall–Kier alpha value is -5.28. The summed E-state index contributed by atoms with van der Waals surface area (Å²) in [5.74, 6) is 0. The molecule has 1 N–H and O–H groups in total. The molecular weight excluding hydrogens is 478 g/mol. The van der Waals surface area contributed by atoms with Gasteiger partial charge in [0.05, 0.1) is 0 Å². The van der Waals surface area contributed by atoms with Gasteiger partial charge in [0.1, 0.15) is 22.3 Å². The molecule has 0 radical (unpaired) electrons. The predicted octanol–water partition coefficient (Wildman–Crippen LogP) is 10.6. The molecule has 3 heteroatoms. The van der Waals surface area contributed by atoms with Crippen molar-refractivity contribution in [1.29, 1.82) is 0 Å². The van der Waals surface area contributed by atoms with Gasteiger partial charge in [-0.1, -0.05) is 97.1 Å². The lowest BCUT2D eigenvalue weighted by molar-refractivity contribution is 0.669. The Morgan fingerprint density at radius 2 is 0.923 bits per heavy atom. The van der Waals surface area contributed by atoms with E-state index in [1.54, 1.807) is 0 Å². The third-order valence-electron chi connectivity index (χ3n) is 7.47. The standard InChI is InChI=1S/C36H23NO2/c1-3-16-33-29(10-1)31-14-6-12-27(35(31)38-33)23-18-20-25(21-19-23)37-26-9-5-8-24(22-26)28-13-7-15-32-30-11-2-4-17-34(30)39-36(28)32/h1-22,37H. The number of hydrogen-bond acceptors (Lipinski definition) is 3. The van der Waals surface area contributed by atoms with E-state index in [0.717, 1.165) is 77.5 Å². The van der Waals surface area contributed by atoms with E-state index < -0.39 is 0 Å². The van der Waals surface area contributed by atoms with Crippen molar-refractivity contribution in [2.45, 2.75) is 0 Å². The molecule has 184 valence electrons. The van der Waals surface area contributed by atoms with E-state index >= 15 is 0 Å². The number of hydrogen-bond donors (Lipinski definition) is 1. The second kappa shape index (κ2) is 8.64. The zero-order valence-corrected chi connectivity index (χ0v) is 21.0. The monoisotopic (exact) mass is 501 g/mol. The molecule has 39 heavy (non-hydrogen) atoms. The van der Waals surface area contributed by atoms with Gasteiger partial charge in [0.2, 0.25) is 0 Å². The lowest BCUT2D eigenvalue weighted by Crippen LogP contribution is -1.91. The van der Waals surface area contributed by atoms with Crippen LogP contribution in [0, 0.1) is 0 Å². The molecule has 0 spiro atoms. The lowest BCUT2D eigenvalue weighted by atomic mass is 10.0. The fraction of sp³-hybridized carbons (Fsp3) is 0. The Bertz CT molecular complexity index is 2150. The summed E-state index contributed by atoms with van der Waals surface area (Å²) < 4.78 is 12.5. The van der Waals surface area contributed by atoms with E-state index in [4.69, 9.17) is 8.83 Å². The average Bonchev–Trinajstić information content (AvgIpc) is 3.56. The average molecular weight is 502 g/mol. The molecular formula is C36H23NO2. The molecule has 0 fully saturated rings. The van der Waals surface area contributed by atoms with Crippen LogP contribution in [0.5, 0.6) is 0 Å². The third kappa shape index (κ3) is 3.59. The lowest BCUT2D eigenvalue weighted by Gasteiger charge is -2.10. The molecule has 3 nitrogen and oxygen atoms in total. The van der Waals surface area contributed by atoms with Gasteiger partial charge in [-0.3, -0.25) is 0 Å². The summed E-state index contributed by atoms with van der Waals surface area (Å²) in [5.41, 5.74) is 10.1. The van der Waals surface area contributed by atoms with Crippen LogP contribution < -0.4 is 5.32 Å². The minimum absolute atomic E-state index is 0.910.